The lowest BCUT2D eigenvalue weighted by molar-refractivity contribution is -0.143. The molecule has 2 amide bonds. The van der Waals surface area contributed by atoms with Crippen molar-refractivity contribution in [2.45, 2.75) is 31.7 Å². The highest BCUT2D eigenvalue weighted by atomic mass is 16.4. The summed E-state index contributed by atoms with van der Waals surface area (Å²) in [5, 5.41) is 21.8. The number of fused-ring (bicyclic) bond motifs is 1. The second-order valence-electron chi connectivity index (χ2n) is 6.07. The number of carbonyl (C=O) groups excluding carboxylic acids is 1. The van der Waals surface area contributed by atoms with Crippen LogP contribution in [0.25, 0.3) is 0 Å². The number of carboxylic acid groups (broad SMARTS) is 1. The van der Waals surface area contributed by atoms with Crippen LogP contribution in [0.3, 0.4) is 0 Å². The Morgan fingerprint density at radius 1 is 1.18 bits per heavy atom. The van der Waals surface area contributed by atoms with E-state index in [0.717, 1.165) is 17.5 Å². The fraction of sp³-hybridized carbons (Fsp3) is 0.500. The Morgan fingerprint density at radius 2 is 1.91 bits per heavy atom. The Kier molecular flexibility index (Phi) is 3.92. The quantitative estimate of drug-likeness (QED) is 0.769. The van der Waals surface area contributed by atoms with Crippen LogP contribution in [0.4, 0.5) is 4.79 Å². The van der Waals surface area contributed by atoms with Gasteiger partial charge in [-0.15, -0.1) is 0 Å². The van der Waals surface area contributed by atoms with Crippen molar-refractivity contribution >= 4 is 12.0 Å². The maximum atomic E-state index is 12.3. The zero-order chi connectivity index (χ0) is 15.7. The number of carbonyl (C=O) groups is 2. The van der Waals surface area contributed by atoms with Crippen molar-refractivity contribution in [2.24, 2.45) is 5.92 Å². The number of phenols is 1. The molecule has 0 bridgehead atoms. The number of piperidine rings is 1. The molecule has 0 aromatic heterocycles. The molecule has 0 saturated carbocycles. The molecule has 1 atom stereocenters. The zero-order valence-electron chi connectivity index (χ0n) is 12.3. The summed E-state index contributed by atoms with van der Waals surface area (Å²) in [6, 6.07) is 5.31. The normalized spacial score (nSPS) is 21.5. The summed E-state index contributed by atoms with van der Waals surface area (Å²) in [5.41, 5.74) is 1.99. The molecular weight excluding hydrogens is 284 g/mol. The Hall–Kier alpha value is -2.24. The zero-order valence-corrected chi connectivity index (χ0v) is 12.3. The topological polar surface area (TPSA) is 89.9 Å². The van der Waals surface area contributed by atoms with E-state index in [2.05, 4.69) is 5.32 Å². The van der Waals surface area contributed by atoms with E-state index >= 15 is 0 Å². The number of amides is 2. The van der Waals surface area contributed by atoms with Gasteiger partial charge in [0.2, 0.25) is 0 Å². The van der Waals surface area contributed by atoms with Crippen LogP contribution in [-0.2, 0) is 17.6 Å². The third-order valence-corrected chi connectivity index (χ3v) is 4.62. The predicted octanol–water partition coefficient (Wildman–Crippen LogP) is 1.37. The number of hydrogen-bond donors (Lipinski definition) is 3. The minimum Gasteiger partial charge on any atom is -0.508 e. The summed E-state index contributed by atoms with van der Waals surface area (Å²) in [7, 11) is 0. The third kappa shape index (κ3) is 2.86. The van der Waals surface area contributed by atoms with E-state index in [1.807, 2.05) is 12.1 Å². The number of benzene rings is 1. The molecule has 3 N–H and O–H groups in total. The van der Waals surface area contributed by atoms with Crippen LogP contribution in [0.2, 0.25) is 0 Å². The molecule has 1 unspecified atom stereocenters. The molecule has 22 heavy (non-hydrogen) atoms. The van der Waals surface area contributed by atoms with Gasteiger partial charge in [0.05, 0.1) is 5.92 Å². The molecule has 0 radical (unpaired) electrons. The number of hydrogen-bond acceptors (Lipinski definition) is 3. The molecule has 6 nitrogen and oxygen atoms in total. The molecule has 118 valence electrons. The van der Waals surface area contributed by atoms with Gasteiger partial charge >= 0.3 is 12.0 Å². The maximum Gasteiger partial charge on any atom is 0.317 e. The summed E-state index contributed by atoms with van der Waals surface area (Å²) in [4.78, 5) is 24.9. The van der Waals surface area contributed by atoms with Gasteiger partial charge in [-0.25, -0.2) is 4.79 Å². The first-order chi connectivity index (χ1) is 10.5. The van der Waals surface area contributed by atoms with Crippen LogP contribution in [-0.4, -0.2) is 46.2 Å². The maximum absolute atomic E-state index is 12.3. The van der Waals surface area contributed by atoms with Crippen LogP contribution in [0.5, 0.6) is 5.75 Å². The number of carboxylic acids is 1. The molecular formula is C16H20N2O4. The third-order valence-electron chi connectivity index (χ3n) is 4.62. The molecule has 1 aromatic rings. The van der Waals surface area contributed by atoms with Crippen molar-refractivity contribution < 1.29 is 19.8 Å². The van der Waals surface area contributed by atoms with Gasteiger partial charge in [-0.3, -0.25) is 4.79 Å². The predicted molar refractivity (Wildman–Crippen MR) is 79.8 cm³/mol. The number of rotatable bonds is 2. The summed E-state index contributed by atoms with van der Waals surface area (Å²) >= 11 is 0. The molecule has 1 aromatic carbocycles. The Balaban J connectivity index is 1.54. The lowest BCUT2D eigenvalue weighted by Crippen LogP contribution is -2.48. The van der Waals surface area contributed by atoms with Crippen molar-refractivity contribution in [3.8, 4) is 5.75 Å². The number of nitrogens with zero attached hydrogens (tertiary/aromatic N) is 1. The van der Waals surface area contributed by atoms with Crippen molar-refractivity contribution in [3.63, 3.8) is 0 Å². The number of nitrogens with one attached hydrogen (secondary N) is 1. The van der Waals surface area contributed by atoms with E-state index in [1.54, 1.807) is 11.0 Å². The number of aromatic hydroxyl groups is 1. The van der Waals surface area contributed by atoms with Crippen LogP contribution in [0.1, 0.15) is 24.0 Å². The van der Waals surface area contributed by atoms with Crippen LogP contribution in [0, 0.1) is 5.92 Å². The molecule has 0 spiro atoms. The van der Waals surface area contributed by atoms with E-state index in [9.17, 15) is 14.7 Å². The first kappa shape index (κ1) is 14.7. The molecule has 1 aliphatic carbocycles. The van der Waals surface area contributed by atoms with E-state index < -0.39 is 5.97 Å². The van der Waals surface area contributed by atoms with Gasteiger partial charge < -0.3 is 20.4 Å². The number of urea groups is 1. The first-order valence-electron chi connectivity index (χ1n) is 7.62. The average Bonchev–Trinajstić information content (AvgIpc) is 2.91. The van der Waals surface area contributed by atoms with Gasteiger partial charge in [-0.1, -0.05) is 12.1 Å². The van der Waals surface area contributed by atoms with E-state index in [-0.39, 0.29) is 23.7 Å². The molecule has 1 fully saturated rings. The van der Waals surface area contributed by atoms with E-state index in [1.165, 1.54) is 0 Å². The Morgan fingerprint density at radius 3 is 2.55 bits per heavy atom. The molecule has 2 aliphatic rings. The van der Waals surface area contributed by atoms with Crippen LogP contribution < -0.4 is 5.32 Å². The highest BCUT2D eigenvalue weighted by Crippen LogP contribution is 2.29. The molecule has 1 heterocycles. The van der Waals surface area contributed by atoms with Gasteiger partial charge in [-0.2, -0.15) is 0 Å². The Bertz CT molecular complexity index is 594. The minimum atomic E-state index is -0.776. The van der Waals surface area contributed by atoms with Crippen molar-refractivity contribution in [1.82, 2.24) is 10.2 Å². The standard InChI is InChI=1S/C16H20N2O4/c19-14-3-1-2-11-8-12(9-13(11)14)17-16(22)18-6-4-10(5-7-18)15(20)21/h1-3,10,12,19H,4-9H2,(H,17,22)(H,20,21). The van der Waals surface area contributed by atoms with Crippen LogP contribution >= 0.6 is 0 Å². The first-order valence-corrected chi connectivity index (χ1v) is 7.62. The van der Waals surface area contributed by atoms with Crippen molar-refractivity contribution in [3.05, 3.63) is 29.3 Å². The van der Waals surface area contributed by atoms with Crippen molar-refractivity contribution in [2.75, 3.05) is 13.1 Å². The average molecular weight is 304 g/mol. The summed E-state index contributed by atoms with van der Waals surface area (Å²) in [6.07, 6.45) is 2.38. The van der Waals surface area contributed by atoms with E-state index in [0.29, 0.717) is 32.4 Å². The molecule has 1 saturated heterocycles. The van der Waals surface area contributed by atoms with Gasteiger partial charge in [0.15, 0.2) is 0 Å². The lowest BCUT2D eigenvalue weighted by atomic mass is 9.97. The SMILES string of the molecule is O=C(O)C1CCN(C(=O)NC2Cc3cccc(O)c3C2)CC1. The number of aliphatic carboxylic acids is 1. The van der Waals surface area contributed by atoms with Gasteiger partial charge in [0.1, 0.15) is 5.75 Å². The number of likely N-dealkylation sites (tertiary alicyclic amines) is 1. The van der Waals surface area contributed by atoms with Gasteiger partial charge in [0, 0.05) is 19.1 Å². The summed E-state index contributed by atoms with van der Waals surface area (Å²) in [6.45, 7) is 0.960. The second-order valence-corrected chi connectivity index (χ2v) is 6.07. The van der Waals surface area contributed by atoms with Gasteiger partial charge in [0.25, 0.3) is 0 Å². The highest BCUT2D eigenvalue weighted by Gasteiger charge is 2.30. The summed E-state index contributed by atoms with van der Waals surface area (Å²) in [5.74, 6) is -0.824. The lowest BCUT2D eigenvalue weighted by Gasteiger charge is -2.31. The largest absolute Gasteiger partial charge is 0.508 e. The highest BCUT2D eigenvalue weighted by molar-refractivity contribution is 5.76. The van der Waals surface area contributed by atoms with Gasteiger partial charge in [-0.05, 0) is 42.9 Å². The second kappa shape index (κ2) is 5.87. The fourth-order valence-corrected chi connectivity index (χ4v) is 3.33. The minimum absolute atomic E-state index is 0.00648. The van der Waals surface area contributed by atoms with Crippen molar-refractivity contribution in [1.29, 1.82) is 0 Å². The summed E-state index contributed by atoms with van der Waals surface area (Å²) < 4.78 is 0. The Labute approximate surface area is 128 Å². The monoisotopic (exact) mass is 304 g/mol. The fourth-order valence-electron chi connectivity index (χ4n) is 3.33. The number of phenolic OH excluding ortho intramolecular Hbond substituents is 1. The smallest absolute Gasteiger partial charge is 0.317 e. The molecule has 3 rings (SSSR count). The van der Waals surface area contributed by atoms with E-state index in [4.69, 9.17) is 5.11 Å². The molecule has 6 heteroatoms. The van der Waals surface area contributed by atoms with Crippen LogP contribution in [0.15, 0.2) is 18.2 Å². The molecule has 1 aliphatic heterocycles.